The largest absolute Gasteiger partial charge is 0.490 e. The molecule has 3 amide bonds. The van der Waals surface area contributed by atoms with E-state index in [1.807, 2.05) is 12.1 Å². The Morgan fingerprint density at radius 2 is 1.72 bits per heavy atom. The number of carbonyl (C=O) groups excluding carboxylic acids is 3. The van der Waals surface area contributed by atoms with E-state index < -0.39 is 17.5 Å². The highest BCUT2D eigenvalue weighted by molar-refractivity contribution is 6.11. The molecule has 2 heterocycles. The van der Waals surface area contributed by atoms with E-state index in [9.17, 15) is 14.4 Å². The van der Waals surface area contributed by atoms with Crippen molar-refractivity contribution < 1.29 is 23.9 Å². The van der Waals surface area contributed by atoms with Crippen LogP contribution >= 0.6 is 0 Å². The number of hydrogen-bond donors (Lipinski definition) is 1. The molecule has 1 N–H and O–H groups in total. The first-order chi connectivity index (χ1) is 15.5. The predicted molar refractivity (Wildman–Crippen MR) is 117 cm³/mol. The number of aryl methyl sites for hydroxylation is 2. The molecule has 1 aliphatic carbocycles. The van der Waals surface area contributed by atoms with Crippen molar-refractivity contribution in [2.75, 3.05) is 19.8 Å². The van der Waals surface area contributed by atoms with Gasteiger partial charge >= 0.3 is 6.03 Å². The van der Waals surface area contributed by atoms with E-state index in [4.69, 9.17) is 9.47 Å². The summed E-state index contributed by atoms with van der Waals surface area (Å²) < 4.78 is 11.4. The van der Waals surface area contributed by atoms with Gasteiger partial charge in [0.1, 0.15) is 5.54 Å². The van der Waals surface area contributed by atoms with Crippen molar-refractivity contribution in [2.45, 2.75) is 44.6 Å². The van der Waals surface area contributed by atoms with E-state index in [1.54, 1.807) is 31.2 Å². The van der Waals surface area contributed by atoms with Crippen LogP contribution < -0.4 is 14.8 Å². The second kappa shape index (κ2) is 7.97. The number of benzene rings is 2. The van der Waals surface area contributed by atoms with Crippen LogP contribution in [0, 0.1) is 0 Å². The number of ketones is 1. The van der Waals surface area contributed by atoms with E-state index in [2.05, 4.69) is 5.32 Å². The second-order valence-electron chi connectivity index (χ2n) is 8.77. The van der Waals surface area contributed by atoms with Crippen molar-refractivity contribution >= 4 is 17.7 Å². The van der Waals surface area contributed by atoms with Crippen molar-refractivity contribution in [3.63, 3.8) is 0 Å². The van der Waals surface area contributed by atoms with Gasteiger partial charge in [0.25, 0.3) is 5.91 Å². The van der Waals surface area contributed by atoms with Crippen LogP contribution in [0.25, 0.3) is 0 Å². The first kappa shape index (κ1) is 20.5. The predicted octanol–water partition coefficient (Wildman–Crippen LogP) is 3.38. The van der Waals surface area contributed by atoms with Gasteiger partial charge in [0.2, 0.25) is 0 Å². The van der Waals surface area contributed by atoms with Gasteiger partial charge in [-0.05, 0) is 67.5 Å². The van der Waals surface area contributed by atoms with Gasteiger partial charge in [-0.3, -0.25) is 14.5 Å². The lowest BCUT2D eigenvalue weighted by Gasteiger charge is -2.23. The summed E-state index contributed by atoms with van der Waals surface area (Å²) in [5.74, 6) is 0.464. The third-order valence-corrected chi connectivity index (χ3v) is 6.57. The summed E-state index contributed by atoms with van der Waals surface area (Å²) in [5, 5.41) is 2.76. The van der Waals surface area contributed by atoms with Crippen LogP contribution in [0.1, 0.15) is 53.2 Å². The average Bonchev–Trinajstić information content (AvgIpc) is 2.96. The Morgan fingerprint density at radius 1 is 0.969 bits per heavy atom. The molecule has 1 atom stereocenters. The summed E-state index contributed by atoms with van der Waals surface area (Å²) in [6.07, 6.45) is 5.05. The van der Waals surface area contributed by atoms with Crippen molar-refractivity contribution in [3.05, 3.63) is 58.7 Å². The van der Waals surface area contributed by atoms with Crippen LogP contribution in [0.3, 0.4) is 0 Å². The number of fused-ring (bicyclic) bond motifs is 2. The summed E-state index contributed by atoms with van der Waals surface area (Å²) in [6, 6.07) is 10.4. The van der Waals surface area contributed by atoms with Gasteiger partial charge in [-0.15, -0.1) is 0 Å². The van der Waals surface area contributed by atoms with Crippen LogP contribution in [-0.4, -0.2) is 42.4 Å². The first-order valence-corrected chi connectivity index (χ1v) is 11.1. The van der Waals surface area contributed by atoms with Gasteiger partial charge < -0.3 is 14.8 Å². The number of hydrogen-bond acceptors (Lipinski definition) is 5. The Bertz CT molecular complexity index is 1110. The van der Waals surface area contributed by atoms with Gasteiger partial charge in [0.05, 0.1) is 19.8 Å². The molecule has 0 unspecified atom stereocenters. The topological polar surface area (TPSA) is 84.9 Å². The Kier molecular flexibility index (Phi) is 5.12. The lowest BCUT2D eigenvalue weighted by Crippen LogP contribution is -2.41. The van der Waals surface area contributed by atoms with Crippen LogP contribution in [0.15, 0.2) is 36.4 Å². The van der Waals surface area contributed by atoms with Crippen LogP contribution in [0.4, 0.5) is 4.79 Å². The maximum atomic E-state index is 13.3. The molecule has 7 heteroatoms. The summed E-state index contributed by atoms with van der Waals surface area (Å²) in [7, 11) is 0. The van der Waals surface area contributed by atoms with Crippen LogP contribution in [-0.2, 0) is 23.2 Å². The molecule has 3 aliphatic rings. The van der Waals surface area contributed by atoms with Crippen LogP contribution in [0.5, 0.6) is 11.5 Å². The molecule has 0 spiro atoms. The van der Waals surface area contributed by atoms with E-state index in [1.165, 1.54) is 17.5 Å². The zero-order valence-electron chi connectivity index (χ0n) is 18.1. The molecule has 0 radical (unpaired) electrons. The molecule has 7 nitrogen and oxygen atoms in total. The van der Waals surface area contributed by atoms with Gasteiger partial charge in [0, 0.05) is 12.0 Å². The van der Waals surface area contributed by atoms with Crippen molar-refractivity contribution in [1.29, 1.82) is 0 Å². The van der Waals surface area contributed by atoms with Gasteiger partial charge in [-0.25, -0.2) is 4.79 Å². The number of nitrogens with one attached hydrogen (secondary N) is 1. The van der Waals surface area contributed by atoms with E-state index >= 15 is 0 Å². The summed E-state index contributed by atoms with van der Waals surface area (Å²) in [5.41, 5.74) is 2.32. The fourth-order valence-electron chi connectivity index (χ4n) is 4.65. The smallest absolute Gasteiger partial charge is 0.325 e. The summed E-state index contributed by atoms with van der Waals surface area (Å²) >= 11 is 0. The van der Waals surface area contributed by atoms with Gasteiger partial charge in [-0.1, -0.05) is 18.2 Å². The van der Waals surface area contributed by atoms with E-state index in [0.29, 0.717) is 35.8 Å². The Balaban J connectivity index is 1.37. The number of imide groups is 1. The SMILES string of the molecule is C[C@@]1(c2ccc3c(c2)OCCCO3)NC(=O)N(CC(=O)c2ccc3c(c2)CCCC3)C1=O. The molecule has 0 saturated carbocycles. The maximum Gasteiger partial charge on any atom is 0.325 e. The Hall–Kier alpha value is -3.35. The molecule has 2 aliphatic heterocycles. The number of carbonyl (C=O) groups is 3. The first-order valence-electron chi connectivity index (χ1n) is 11.1. The standard InChI is InChI=1S/C25H26N2O5/c1-25(19-9-10-21-22(14-19)32-12-4-11-31-21)23(29)27(24(30)26-25)15-20(28)18-8-7-16-5-2-3-6-17(16)13-18/h7-10,13-14H,2-6,11-12,15H2,1H3,(H,26,30)/t25-/m0/s1. The molecule has 1 fully saturated rings. The fraction of sp³-hybridized carbons (Fsp3) is 0.400. The van der Waals surface area contributed by atoms with Gasteiger partial charge in [0.15, 0.2) is 17.3 Å². The minimum atomic E-state index is -1.28. The third kappa shape index (κ3) is 3.51. The molecule has 5 rings (SSSR count). The molecule has 32 heavy (non-hydrogen) atoms. The molecular formula is C25H26N2O5. The molecule has 0 aromatic heterocycles. The lowest BCUT2D eigenvalue weighted by molar-refractivity contribution is -0.130. The maximum absolute atomic E-state index is 13.3. The number of rotatable bonds is 4. The highest BCUT2D eigenvalue weighted by atomic mass is 16.5. The number of Topliss-reactive ketones (excluding diaryl/α,β-unsaturated/α-hetero) is 1. The summed E-state index contributed by atoms with van der Waals surface area (Å²) in [4.78, 5) is 39.9. The van der Waals surface area contributed by atoms with Crippen molar-refractivity contribution in [2.24, 2.45) is 0 Å². The average molecular weight is 434 g/mol. The number of urea groups is 1. The molecule has 0 bridgehead atoms. The highest BCUT2D eigenvalue weighted by Gasteiger charge is 2.49. The van der Waals surface area contributed by atoms with Crippen molar-refractivity contribution in [1.82, 2.24) is 10.2 Å². The molecular weight excluding hydrogens is 408 g/mol. The van der Waals surface area contributed by atoms with Crippen LogP contribution in [0.2, 0.25) is 0 Å². The fourth-order valence-corrected chi connectivity index (χ4v) is 4.65. The van der Waals surface area contributed by atoms with Crippen molar-refractivity contribution in [3.8, 4) is 11.5 Å². The quantitative estimate of drug-likeness (QED) is 0.589. The zero-order chi connectivity index (χ0) is 22.3. The van der Waals surface area contributed by atoms with Gasteiger partial charge in [-0.2, -0.15) is 0 Å². The normalized spacial score (nSPS) is 22.2. The number of ether oxygens (including phenoxy) is 2. The Morgan fingerprint density at radius 3 is 2.53 bits per heavy atom. The Labute approximate surface area is 186 Å². The third-order valence-electron chi connectivity index (χ3n) is 6.57. The molecule has 166 valence electrons. The summed E-state index contributed by atoms with van der Waals surface area (Å²) in [6.45, 7) is 2.45. The minimum Gasteiger partial charge on any atom is -0.490 e. The number of nitrogens with zero attached hydrogens (tertiary/aromatic N) is 1. The number of amides is 3. The van der Waals surface area contributed by atoms with E-state index in [0.717, 1.165) is 30.6 Å². The lowest BCUT2D eigenvalue weighted by atomic mass is 9.89. The molecule has 2 aromatic carbocycles. The second-order valence-corrected chi connectivity index (χ2v) is 8.77. The molecule has 2 aromatic rings. The highest BCUT2D eigenvalue weighted by Crippen LogP contribution is 2.36. The zero-order valence-corrected chi connectivity index (χ0v) is 18.1. The van der Waals surface area contributed by atoms with E-state index in [-0.39, 0.29) is 12.3 Å². The minimum absolute atomic E-state index is 0.246. The monoisotopic (exact) mass is 434 g/mol. The molecule has 1 saturated heterocycles.